The molecule has 0 spiro atoms. The number of aliphatic imine (C=N–C) groups is 1. The molecule has 0 aliphatic carbocycles. The molecule has 4 rings (SSSR count). The third-order valence-corrected chi connectivity index (χ3v) is 5.48. The van der Waals surface area contributed by atoms with Crippen LogP contribution < -0.4 is 9.64 Å². The molecule has 142 valence electrons. The predicted molar refractivity (Wildman–Crippen MR) is 117 cm³/mol. The maximum Gasteiger partial charge on any atom is 0.148 e. The minimum absolute atomic E-state index is 0.0987. The molecule has 3 nitrogen and oxygen atoms in total. The van der Waals surface area contributed by atoms with Gasteiger partial charge in [0.2, 0.25) is 0 Å². The molecule has 0 N–H and O–H groups in total. The van der Waals surface area contributed by atoms with Crippen molar-refractivity contribution in [3.63, 3.8) is 0 Å². The Morgan fingerprint density at radius 1 is 0.893 bits per heavy atom. The molecule has 3 aromatic carbocycles. The number of hydrogen-bond donors (Lipinski definition) is 0. The number of halogens is 1. The van der Waals surface area contributed by atoms with E-state index in [-0.39, 0.29) is 12.2 Å². The van der Waals surface area contributed by atoms with Crippen LogP contribution in [0.1, 0.15) is 29.8 Å². The highest BCUT2D eigenvalue weighted by atomic mass is 35.5. The summed E-state index contributed by atoms with van der Waals surface area (Å²) in [7, 11) is 1.68. The van der Waals surface area contributed by atoms with E-state index in [9.17, 15) is 0 Å². The molecule has 2 atom stereocenters. The molecule has 28 heavy (non-hydrogen) atoms. The van der Waals surface area contributed by atoms with Crippen LogP contribution in [0.25, 0.3) is 0 Å². The molecule has 0 radical (unpaired) electrons. The third-order valence-electron chi connectivity index (χ3n) is 5.22. The Morgan fingerprint density at radius 2 is 1.54 bits per heavy atom. The number of anilines is 1. The van der Waals surface area contributed by atoms with Gasteiger partial charge in [-0.05, 0) is 61.4 Å². The van der Waals surface area contributed by atoms with E-state index in [1.54, 1.807) is 7.11 Å². The summed E-state index contributed by atoms with van der Waals surface area (Å²) in [5.74, 6) is 0.843. The Labute approximate surface area is 171 Å². The van der Waals surface area contributed by atoms with Crippen molar-refractivity contribution in [1.29, 1.82) is 0 Å². The zero-order chi connectivity index (χ0) is 19.7. The first kappa shape index (κ1) is 18.6. The molecule has 1 aliphatic rings. The Balaban J connectivity index is 1.78. The second kappa shape index (κ2) is 7.69. The zero-order valence-corrected chi connectivity index (χ0v) is 17.0. The first-order chi connectivity index (χ1) is 13.6. The highest BCUT2D eigenvalue weighted by molar-refractivity contribution is 6.30. The summed E-state index contributed by atoms with van der Waals surface area (Å²) >= 11 is 6.12. The second-order valence-electron chi connectivity index (χ2n) is 7.09. The van der Waals surface area contributed by atoms with Crippen molar-refractivity contribution in [2.45, 2.75) is 26.1 Å². The molecule has 4 heteroatoms. The first-order valence-electron chi connectivity index (χ1n) is 9.39. The van der Waals surface area contributed by atoms with Gasteiger partial charge in [0.05, 0.1) is 18.9 Å². The minimum Gasteiger partial charge on any atom is -0.497 e. The van der Waals surface area contributed by atoms with Crippen LogP contribution in [0.4, 0.5) is 5.69 Å². The van der Waals surface area contributed by atoms with Gasteiger partial charge >= 0.3 is 0 Å². The average Bonchev–Trinajstić information content (AvgIpc) is 3.06. The van der Waals surface area contributed by atoms with Gasteiger partial charge in [-0.15, -0.1) is 0 Å². The van der Waals surface area contributed by atoms with E-state index in [4.69, 9.17) is 21.3 Å². The maximum absolute atomic E-state index is 6.12. The van der Waals surface area contributed by atoms with Crippen molar-refractivity contribution in [3.8, 4) is 5.75 Å². The van der Waals surface area contributed by atoms with Crippen molar-refractivity contribution in [3.05, 3.63) is 94.5 Å². The van der Waals surface area contributed by atoms with Gasteiger partial charge < -0.3 is 9.64 Å². The normalized spacial score (nSPS) is 18.9. The van der Waals surface area contributed by atoms with E-state index < -0.39 is 0 Å². The van der Waals surface area contributed by atoms with Crippen molar-refractivity contribution in [2.75, 3.05) is 12.0 Å². The smallest absolute Gasteiger partial charge is 0.148 e. The minimum atomic E-state index is -0.0987. The van der Waals surface area contributed by atoms with Crippen LogP contribution in [-0.2, 0) is 0 Å². The summed E-state index contributed by atoms with van der Waals surface area (Å²) < 4.78 is 5.32. The van der Waals surface area contributed by atoms with E-state index in [1.807, 2.05) is 24.3 Å². The lowest BCUT2D eigenvalue weighted by Gasteiger charge is -2.30. The Morgan fingerprint density at radius 3 is 2.14 bits per heavy atom. The van der Waals surface area contributed by atoms with Crippen LogP contribution in [0.15, 0.2) is 77.8 Å². The lowest BCUT2D eigenvalue weighted by molar-refractivity contribution is 0.414. The van der Waals surface area contributed by atoms with E-state index in [1.165, 1.54) is 5.56 Å². The molecule has 0 aromatic heterocycles. The fourth-order valence-corrected chi connectivity index (χ4v) is 3.80. The predicted octanol–water partition coefficient (Wildman–Crippen LogP) is 6.05. The molecule has 0 saturated carbocycles. The van der Waals surface area contributed by atoms with E-state index in [2.05, 4.69) is 67.3 Å². The third kappa shape index (κ3) is 3.50. The van der Waals surface area contributed by atoms with E-state index in [0.29, 0.717) is 0 Å². The molecule has 0 fully saturated rings. The van der Waals surface area contributed by atoms with E-state index >= 15 is 0 Å². The van der Waals surface area contributed by atoms with Gasteiger partial charge in [0.15, 0.2) is 0 Å². The van der Waals surface area contributed by atoms with Gasteiger partial charge in [0, 0.05) is 10.7 Å². The summed E-state index contributed by atoms with van der Waals surface area (Å²) in [5, 5.41) is 0.733. The van der Waals surface area contributed by atoms with Gasteiger partial charge in [-0.3, -0.25) is 4.99 Å². The summed E-state index contributed by atoms with van der Waals surface area (Å²) in [6.07, 6.45) is -0.0987. The van der Waals surface area contributed by atoms with Crippen LogP contribution in [0, 0.1) is 6.92 Å². The van der Waals surface area contributed by atoms with Crippen LogP contribution in [0.3, 0.4) is 0 Å². The topological polar surface area (TPSA) is 24.8 Å². The molecule has 0 bridgehead atoms. The summed E-state index contributed by atoms with van der Waals surface area (Å²) in [4.78, 5) is 7.48. The number of rotatable bonds is 4. The maximum atomic E-state index is 6.12. The number of ether oxygens (including phenoxy) is 1. The van der Waals surface area contributed by atoms with Gasteiger partial charge in [-0.2, -0.15) is 0 Å². The summed E-state index contributed by atoms with van der Waals surface area (Å²) in [5.41, 5.74) is 5.73. The number of hydrogen-bond acceptors (Lipinski definition) is 3. The van der Waals surface area contributed by atoms with Gasteiger partial charge in [0.1, 0.15) is 11.9 Å². The van der Waals surface area contributed by atoms with Crippen molar-refractivity contribution >= 4 is 23.0 Å². The number of aryl methyl sites for hydroxylation is 1. The fourth-order valence-electron chi connectivity index (χ4n) is 3.67. The molecular formula is C24H23ClN2O. The summed E-state index contributed by atoms with van der Waals surface area (Å²) in [6.45, 7) is 4.31. The van der Waals surface area contributed by atoms with Crippen molar-refractivity contribution < 1.29 is 4.74 Å². The molecular weight excluding hydrogens is 368 g/mol. The SMILES string of the molecule is COc1ccc(C2N=C(c3ccc(C)cc3)C(C)N2c2ccc(Cl)cc2)cc1. The standard InChI is InChI=1S/C24H23ClN2O/c1-16-4-6-18(7-5-16)23-17(2)27(21-12-10-20(25)11-13-21)24(26-23)19-8-14-22(28-3)15-9-19/h4-15,17,24H,1-3H3. The molecule has 3 aromatic rings. The molecule has 2 unspecified atom stereocenters. The quantitative estimate of drug-likeness (QED) is 0.541. The highest BCUT2D eigenvalue weighted by Gasteiger charge is 2.35. The lowest BCUT2D eigenvalue weighted by atomic mass is 10.0. The molecule has 1 heterocycles. The van der Waals surface area contributed by atoms with Crippen LogP contribution in [-0.4, -0.2) is 18.9 Å². The van der Waals surface area contributed by atoms with Crippen molar-refractivity contribution in [1.82, 2.24) is 0 Å². The van der Waals surface area contributed by atoms with Crippen LogP contribution in [0.5, 0.6) is 5.75 Å². The Hall–Kier alpha value is -2.78. The lowest BCUT2D eigenvalue weighted by Crippen LogP contribution is -2.35. The van der Waals surface area contributed by atoms with E-state index in [0.717, 1.165) is 33.3 Å². The molecule has 1 aliphatic heterocycles. The average molecular weight is 391 g/mol. The highest BCUT2D eigenvalue weighted by Crippen LogP contribution is 2.38. The van der Waals surface area contributed by atoms with Gasteiger partial charge in [-0.25, -0.2) is 0 Å². The number of benzene rings is 3. The number of nitrogens with zero attached hydrogens (tertiary/aromatic N) is 2. The molecule has 0 saturated heterocycles. The van der Waals surface area contributed by atoms with Gasteiger partial charge in [-0.1, -0.05) is 53.6 Å². The Kier molecular flexibility index (Phi) is 5.10. The fraction of sp³-hybridized carbons (Fsp3) is 0.208. The molecule has 0 amide bonds. The number of methoxy groups -OCH3 is 1. The van der Waals surface area contributed by atoms with Gasteiger partial charge in [0.25, 0.3) is 0 Å². The van der Waals surface area contributed by atoms with Crippen LogP contribution in [0.2, 0.25) is 5.02 Å². The largest absolute Gasteiger partial charge is 0.497 e. The first-order valence-corrected chi connectivity index (χ1v) is 9.77. The van der Waals surface area contributed by atoms with Crippen molar-refractivity contribution in [2.24, 2.45) is 4.99 Å². The van der Waals surface area contributed by atoms with Crippen LogP contribution >= 0.6 is 11.6 Å². The second-order valence-corrected chi connectivity index (χ2v) is 7.52. The zero-order valence-electron chi connectivity index (χ0n) is 16.3. The Bertz CT molecular complexity index is 979. The monoisotopic (exact) mass is 390 g/mol. The summed E-state index contributed by atoms with van der Waals surface area (Å²) in [6, 6.07) is 24.8.